The van der Waals surface area contributed by atoms with Gasteiger partial charge in [0, 0.05) is 57.3 Å². The molecule has 3 amide bonds. The lowest BCUT2D eigenvalue weighted by atomic mass is 10.1. The normalized spacial score (nSPS) is 14.2. The number of primary amides is 1. The molecule has 3 N–H and O–H groups in total. The highest BCUT2D eigenvalue weighted by molar-refractivity contribution is 6.18. The maximum Gasteiger partial charge on any atom is 0.276 e. The van der Waals surface area contributed by atoms with Crippen molar-refractivity contribution < 1.29 is 19.1 Å². The van der Waals surface area contributed by atoms with E-state index in [0.29, 0.717) is 67.1 Å². The van der Waals surface area contributed by atoms with Crippen LogP contribution in [0.5, 0.6) is 5.75 Å². The number of nitrogens with two attached hydrogens (primary N) is 1. The smallest absolute Gasteiger partial charge is 0.276 e. The second kappa shape index (κ2) is 13.4. The molecule has 12 nitrogen and oxygen atoms in total. The summed E-state index contributed by atoms with van der Waals surface area (Å²) in [5.41, 5.74) is 8.11. The molecule has 3 heterocycles. The number of piperazine rings is 1. The molecule has 13 heteroatoms. The fraction of sp³-hybridized carbons (Fsp3) is 0.444. The molecule has 1 aliphatic heterocycles. The number of imidazole rings is 1. The van der Waals surface area contributed by atoms with Crippen LogP contribution in [-0.4, -0.2) is 92.6 Å². The Morgan fingerprint density at radius 3 is 2.62 bits per heavy atom. The summed E-state index contributed by atoms with van der Waals surface area (Å²) in [4.78, 5) is 45.0. The number of halogens is 1. The number of nitrogens with zero attached hydrogens (tertiary/aromatic N) is 6. The number of ether oxygens (including phenoxy) is 1. The number of aryl methyl sites for hydroxylation is 2. The molecule has 0 radical (unpaired) electrons. The van der Waals surface area contributed by atoms with Crippen LogP contribution >= 0.6 is 11.6 Å². The summed E-state index contributed by atoms with van der Waals surface area (Å²) in [6.07, 6.45) is 5.30. The van der Waals surface area contributed by atoms with E-state index in [1.807, 2.05) is 24.5 Å². The van der Waals surface area contributed by atoms with Gasteiger partial charge in [0.1, 0.15) is 17.0 Å². The Labute approximate surface area is 237 Å². The lowest BCUT2D eigenvalue weighted by molar-refractivity contribution is -0.119. The van der Waals surface area contributed by atoms with Crippen LogP contribution < -0.4 is 15.8 Å². The van der Waals surface area contributed by atoms with Crippen molar-refractivity contribution in [2.45, 2.75) is 33.4 Å². The van der Waals surface area contributed by atoms with Crippen LogP contribution in [0, 0.1) is 6.92 Å². The Morgan fingerprint density at radius 2 is 1.95 bits per heavy atom. The lowest BCUT2D eigenvalue weighted by Gasteiger charge is -2.32. The standard InChI is InChI=1S/C27H35ClN8O4/c1-3-36-22(15-19(2)32-36)26(39)31-27-30-21-16-20(25(29)38)17-23(24(21)35(27)9-5-4-7-28)40-14-6-8-33-10-12-34(18-37)13-11-33/h4-5,15-18H,3,6-14H2,1-2H3,(H2,29,38)(H,30,31,39)/b5-4+. The first-order valence-electron chi connectivity index (χ1n) is 13.3. The largest absolute Gasteiger partial charge is 0.491 e. The van der Waals surface area contributed by atoms with Crippen molar-refractivity contribution in [1.29, 1.82) is 0 Å². The van der Waals surface area contributed by atoms with Crippen LogP contribution in [0.25, 0.3) is 11.0 Å². The van der Waals surface area contributed by atoms with Gasteiger partial charge in [0.15, 0.2) is 0 Å². The van der Waals surface area contributed by atoms with Crippen molar-refractivity contribution in [1.82, 2.24) is 29.1 Å². The maximum atomic E-state index is 13.2. The predicted molar refractivity (Wildman–Crippen MR) is 153 cm³/mol. The number of rotatable bonds is 13. The van der Waals surface area contributed by atoms with Crippen molar-refractivity contribution in [3.63, 3.8) is 0 Å². The van der Waals surface area contributed by atoms with Crippen molar-refractivity contribution in [3.05, 3.63) is 47.3 Å². The average molecular weight is 571 g/mol. The molecule has 214 valence electrons. The molecule has 0 bridgehead atoms. The first-order valence-corrected chi connectivity index (χ1v) is 13.8. The fourth-order valence-corrected chi connectivity index (χ4v) is 4.82. The molecule has 0 aliphatic carbocycles. The monoisotopic (exact) mass is 570 g/mol. The van der Waals surface area contributed by atoms with Gasteiger partial charge in [0.2, 0.25) is 18.3 Å². The zero-order valence-corrected chi connectivity index (χ0v) is 23.6. The van der Waals surface area contributed by atoms with Gasteiger partial charge >= 0.3 is 0 Å². The third kappa shape index (κ3) is 6.80. The van der Waals surface area contributed by atoms with Gasteiger partial charge in [0.05, 0.1) is 17.8 Å². The topological polar surface area (TPSA) is 141 Å². The maximum absolute atomic E-state index is 13.2. The van der Waals surface area contributed by atoms with E-state index in [1.54, 1.807) is 33.9 Å². The summed E-state index contributed by atoms with van der Waals surface area (Å²) in [6, 6.07) is 4.92. The number of anilines is 1. The molecule has 4 rings (SSSR count). The highest BCUT2D eigenvalue weighted by atomic mass is 35.5. The minimum Gasteiger partial charge on any atom is -0.491 e. The molecule has 1 saturated heterocycles. The van der Waals surface area contributed by atoms with Crippen LogP contribution in [0.3, 0.4) is 0 Å². The third-order valence-corrected chi connectivity index (χ3v) is 6.91. The first kappa shape index (κ1) is 29.1. The molecule has 0 spiro atoms. The Balaban J connectivity index is 1.61. The van der Waals surface area contributed by atoms with Crippen molar-refractivity contribution >= 4 is 46.8 Å². The Bertz CT molecular complexity index is 1390. The van der Waals surface area contributed by atoms with Crippen LogP contribution in [0.4, 0.5) is 5.95 Å². The lowest BCUT2D eigenvalue weighted by Crippen LogP contribution is -2.46. The van der Waals surface area contributed by atoms with E-state index >= 15 is 0 Å². The summed E-state index contributed by atoms with van der Waals surface area (Å²) >= 11 is 5.86. The van der Waals surface area contributed by atoms with Gasteiger partial charge in [0.25, 0.3) is 5.91 Å². The molecule has 0 atom stereocenters. The van der Waals surface area contributed by atoms with Crippen LogP contribution in [0.2, 0.25) is 0 Å². The van der Waals surface area contributed by atoms with Gasteiger partial charge in [-0.1, -0.05) is 12.2 Å². The number of carbonyl (C=O) groups excluding carboxylic acids is 3. The number of allylic oxidation sites excluding steroid dienone is 2. The number of hydrogen-bond acceptors (Lipinski definition) is 7. The first-order chi connectivity index (χ1) is 19.3. The van der Waals surface area contributed by atoms with Gasteiger partial charge in [-0.2, -0.15) is 5.10 Å². The van der Waals surface area contributed by atoms with Gasteiger partial charge in [-0.05, 0) is 38.5 Å². The molecular weight excluding hydrogens is 536 g/mol. The van der Waals surface area contributed by atoms with E-state index in [9.17, 15) is 14.4 Å². The number of nitrogens with one attached hydrogen (secondary N) is 1. The number of alkyl halides is 1. The third-order valence-electron chi connectivity index (χ3n) is 6.73. The molecule has 3 aromatic rings. The average Bonchev–Trinajstić information content (AvgIpc) is 3.51. The van der Waals surface area contributed by atoms with Crippen LogP contribution in [0.1, 0.15) is 39.9 Å². The van der Waals surface area contributed by atoms with Gasteiger partial charge in [-0.3, -0.25) is 29.3 Å². The minimum absolute atomic E-state index is 0.256. The number of aromatic nitrogens is 4. The zero-order chi connectivity index (χ0) is 28.6. The summed E-state index contributed by atoms with van der Waals surface area (Å²) in [5, 5.41) is 7.26. The van der Waals surface area contributed by atoms with E-state index in [2.05, 4.69) is 20.3 Å². The van der Waals surface area contributed by atoms with Crippen molar-refractivity contribution in [3.8, 4) is 5.75 Å². The highest BCUT2D eigenvalue weighted by Crippen LogP contribution is 2.31. The van der Waals surface area contributed by atoms with E-state index in [1.165, 1.54) is 0 Å². The predicted octanol–water partition coefficient (Wildman–Crippen LogP) is 2.25. The SMILES string of the molecule is CCn1nc(C)cc1C(=O)Nc1nc2cc(C(N)=O)cc(OCCCN3CCN(C=O)CC3)c2n1C/C=C/CCl. The molecule has 1 aliphatic rings. The van der Waals surface area contributed by atoms with E-state index in [0.717, 1.165) is 38.2 Å². The highest BCUT2D eigenvalue weighted by Gasteiger charge is 2.22. The Kier molecular flexibility index (Phi) is 9.78. The van der Waals surface area contributed by atoms with Crippen LogP contribution in [-0.2, 0) is 17.9 Å². The van der Waals surface area contributed by atoms with E-state index in [-0.39, 0.29) is 11.5 Å². The molecule has 1 aromatic carbocycles. The van der Waals surface area contributed by atoms with Gasteiger partial charge < -0.3 is 19.9 Å². The fourth-order valence-electron chi connectivity index (χ4n) is 4.70. The van der Waals surface area contributed by atoms with Crippen LogP contribution in [0.15, 0.2) is 30.4 Å². The molecular formula is C27H35ClN8O4. The Morgan fingerprint density at radius 1 is 1.18 bits per heavy atom. The summed E-state index contributed by atoms with van der Waals surface area (Å²) in [5.74, 6) is 0.107. The van der Waals surface area contributed by atoms with E-state index in [4.69, 9.17) is 22.1 Å². The van der Waals surface area contributed by atoms with Crippen molar-refractivity contribution in [2.75, 3.05) is 50.5 Å². The zero-order valence-electron chi connectivity index (χ0n) is 22.8. The van der Waals surface area contributed by atoms with Gasteiger partial charge in [-0.25, -0.2) is 4.98 Å². The number of carbonyl (C=O) groups is 3. The Hall–Kier alpha value is -3.90. The molecule has 40 heavy (non-hydrogen) atoms. The summed E-state index contributed by atoms with van der Waals surface area (Å²) in [7, 11) is 0. The molecule has 0 unspecified atom stereocenters. The number of amides is 3. The molecule has 1 fully saturated rings. The van der Waals surface area contributed by atoms with E-state index < -0.39 is 5.91 Å². The minimum atomic E-state index is -0.607. The number of fused-ring (bicyclic) bond motifs is 1. The second-order valence-electron chi connectivity index (χ2n) is 9.50. The molecule has 2 aromatic heterocycles. The second-order valence-corrected chi connectivity index (χ2v) is 9.81. The number of hydrogen-bond donors (Lipinski definition) is 2. The van der Waals surface area contributed by atoms with Gasteiger partial charge in [-0.15, -0.1) is 11.6 Å². The molecule has 0 saturated carbocycles. The number of benzene rings is 1. The quantitative estimate of drug-likeness (QED) is 0.139. The van der Waals surface area contributed by atoms with Crippen molar-refractivity contribution in [2.24, 2.45) is 5.73 Å². The summed E-state index contributed by atoms with van der Waals surface area (Å²) < 4.78 is 9.64. The summed E-state index contributed by atoms with van der Waals surface area (Å²) in [6.45, 7) is 8.92.